The average molecular weight is 300 g/mol. The van der Waals surface area contributed by atoms with Crippen molar-refractivity contribution in [3.8, 4) is 0 Å². The Balaban J connectivity index is 0.00000361. The Bertz CT molecular complexity index is 491. The number of hydrogen-bond acceptors (Lipinski definition) is 3. The van der Waals surface area contributed by atoms with Crippen molar-refractivity contribution in [2.24, 2.45) is 11.5 Å². The summed E-state index contributed by atoms with van der Waals surface area (Å²) in [6.07, 6.45) is -0.147. The molecule has 0 saturated heterocycles. The van der Waals surface area contributed by atoms with Crippen molar-refractivity contribution in [3.05, 3.63) is 34.9 Å². The Morgan fingerprint density at radius 3 is 2.40 bits per heavy atom. The molecule has 0 saturated carbocycles. The summed E-state index contributed by atoms with van der Waals surface area (Å²) in [6.45, 7) is 5.89. The van der Waals surface area contributed by atoms with Gasteiger partial charge >= 0.3 is 0 Å². The van der Waals surface area contributed by atoms with Crippen molar-refractivity contribution in [2.75, 3.05) is 0 Å². The molecule has 0 fully saturated rings. The van der Waals surface area contributed by atoms with Crippen LogP contribution in [0.1, 0.15) is 36.1 Å². The van der Waals surface area contributed by atoms with Crippen LogP contribution in [0.5, 0.6) is 0 Å². The van der Waals surface area contributed by atoms with E-state index in [-0.39, 0.29) is 30.8 Å². The van der Waals surface area contributed by atoms with Crippen molar-refractivity contribution in [3.63, 3.8) is 0 Å². The maximum absolute atomic E-state index is 11.8. The second kappa shape index (κ2) is 7.87. The Morgan fingerprint density at radius 2 is 1.90 bits per heavy atom. The molecule has 0 spiro atoms. The Hall–Kier alpha value is -1.59. The molecule has 20 heavy (non-hydrogen) atoms. The summed E-state index contributed by atoms with van der Waals surface area (Å²) in [5.74, 6) is -0.951. The Kier molecular flexibility index (Phi) is 7.24. The van der Waals surface area contributed by atoms with E-state index in [1.165, 1.54) is 5.56 Å². The van der Waals surface area contributed by atoms with Crippen molar-refractivity contribution < 1.29 is 9.59 Å². The van der Waals surface area contributed by atoms with Gasteiger partial charge in [0.15, 0.2) is 0 Å². The molecule has 1 aromatic rings. The quantitative estimate of drug-likeness (QED) is 0.759. The number of primary amides is 1. The molecular formula is C14H22ClN3O2. The Labute approximate surface area is 125 Å². The van der Waals surface area contributed by atoms with Gasteiger partial charge < -0.3 is 16.8 Å². The maximum atomic E-state index is 11.8. The predicted molar refractivity (Wildman–Crippen MR) is 81.5 cm³/mol. The van der Waals surface area contributed by atoms with E-state index < -0.39 is 11.9 Å². The number of nitrogens with one attached hydrogen (secondary N) is 1. The van der Waals surface area contributed by atoms with E-state index in [9.17, 15) is 9.59 Å². The summed E-state index contributed by atoms with van der Waals surface area (Å²) in [5, 5.41) is 2.79. The van der Waals surface area contributed by atoms with Crippen LogP contribution >= 0.6 is 12.4 Å². The lowest BCUT2D eigenvalue weighted by atomic mass is 10.00. The van der Waals surface area contributed by atoms with Crippen LogP contribution in [0.25, 0.3) is 0 Å². The first-order valence-corrected chi connectivity index (χ1v) is 6.22. The normalized spacial score (nSPS) is 13.0. The molecule has 2 unspecified atom stereocenters. The van der Waals surface area contributed by atoms with Gasteiger partial charge in [-0.25, -0.2) is 0 Å². The van der Waals surface area contributed by atoms with Crippen molar-refractivity contribution in [1.82, 2.24) is 5.32 Å². The molecule has 1 rings (SSSR count). The first-order valence-electron chi connectivity index (χ1n) is 6.22. The van der Waals surface area contributed by atoms with Crippen molar-refractivity contribution in [2.45, 2.75) is 39.3 Å². The van der Waals surface area contributed by atoms with Crippen LogP contribution in [-0.4, -0.2) is 17.9 Å². The number of rotatable bonds is 5. The van der Waals surface area contributed by atoms with Gasteiger partial charge in [0, 0.05) is 0 Å². The SMILES string of the molecule is Cc1ccc(C(C)NC(=O)C(N)CC(N)=O)c(C)c1.Cl. The topological polar surface area (TPSA) is 98.2 Å². The van der Waals surface area contributed by atoms with Crippen LogP contribution in [-0.2, 0) is 9.59 Å². The molecule has 0 radical (unpaired) electrons. The molecule has 0 aliphatic rings. The fraction of sp³-hybridized carbons (Fsp3) is 0.429. The monoisotopic (exact) mass is 299 g/mol. The van der Waals surface area contributed by atoms with Crippen LogP contribution in [0.3, 0.4) is 0 Å². The summed E-state index contributed by atoms with van der Waals surface area (Å²) in [6, 6.07) is 4.97. The highest BCUT2D eigenvalue weighted by Crippen LogP contribution is 2.18. The third-order valence-corrected chi connectivity index (χ3v) is 3.01. The molecule has 0 aliphatic carbocycles. The second-order valence-electron chi connectivity index (χ2n) is 4.87. The van der Waals surface area contributed by atoms with E-state index in [0.29, 0.717) is 0 Å². The lowest BCUT2D eigenvalue weighted by Gasteiger charge is -2.19. The minimum absolute atomic E-state index is 0. The number of aryl methyl sites for hydroxylation is 2. The van der Waals surface area contributed by atoms with Crippen LogP contribution < -0.4 is 16.8 Å². The largest absolute Gasteiger partial charge is 0.370 e. The van der Waals surface area contributed by atoms with Gasteiger partial charge in [-0.15, -0.1) is 12.4 Å². The zero-order valence-electron chi connectivity index (χ0n) is 12.0. The van der Waals surface area contributed by atoms with E-state index in [1.54, 1.807) is 0 Å². The molecule has 0 bridgehead atoms. The highest BCUT2D eigenvalue weighted by molar-refractivity contribution is 5.87. The first-order chi connectivity index (χ1) is 8.81. The van der Waals surface area contributed by atoms with Gasteiger partial charge in [0.2, 0.25) is 11.8 Å². The molecule has 6 heteroatoms. The smallest absolute Gasteiger partial charge is 0.237 e. The summed E-state index contributed by atoms with van der Waals surface area (Å²) >= 11 is 0. The molecule has 2 amide bonds. The number of amides is 2. The van der Waals surface area contributed by atoms with E-state index in [0.717, 1.165) is 11.1 Å². The van der Waals surface area contributed by atoms with Gasteiger partial charge in [-0.3, -0.25) is 9.59 Å². The van der Waals surface area contributed by atoms with Crippen LogP contribution in [0.2, 0.25) is 0 Å². The van der Waals surface area contributed by atoms with Gasteiger partial charge in [-0.1, -0.05) is 23.8 Å². The number of carbonyl (C=O) groups is 2. The molecule has 0 aromatic heterocycles. The average Bonchev–Trinajstić information content (AvgIpc) is 2.27. The summed E-state index contributed by atoms with van der Waals surface area (Å²) in [5.41, 5.74) is 13.9. The lowest BCUT2D eigenvalue weighted by molar-refractivity contribution is -0.126. The molecule has 0 aliphatic heterocycles. The van der Waals surface area contributed by atoms with E-state index in [2.05, 4.69) is 11.4 Å². The van der Waals surface area contributed by atoms with Crippen molar-refractivity contribution >= 4 is 24.2 Å². The minimum Gasteiger partial charge on any atom is -0.370 e. The minimum atomic E-state index is -0.897. The third-order valence-electron chi connectivity index (χ3n) is 3.01. The summed E-state index contributed by atoms with van der Waals surface area (Å²) < 4.78 is 0. The van der Waals surface area contributed by atoms with Crippen LogP contribution in [0, 0.1) is 13.8 Å². The predicted octanol–water partition coefficient (Wildman–Crippen LogP) is 1.11. The maximum Gasteiger partial charge on any atom is 0.237 e. The first kappa shape index (κ1) is 18.4. The highest BCUT2D eigenvalue weighted by Gasteiger charge is 2.19. The number of nitrogens with two attached hydrogens (primary N) is 2. The van der Waals surface area contributed by atoms with Crippen LogP contribution in [0.15, 0.2) is 18.2 Å². The number of hydrogen-bond donors (Lipinski definition) is 3. The van der Waals surface area contributed by atoms with Gasteiger partial charge in [-0.05, 0) is 31.9 Å². The summed E-state index contributed by atoms with van der Waals surface area (Å²) in [4.78, 5) is 22.5. The van der Waals surface area contributed by atoms with E-state index >= 15 is 0 Å². The highest BCUT2D eigenvalue weighted by atomic mass is 35.5. The fourth-order valence-electron chi connectivity index (χ4n) is 2.02. The molecule has 1 aromatic carbocycles. The molecule has 2 atom stereocenters. The second-order valence-corrected chi connectivity index (χ2v) is 4.87. The molecule has 112 valence electrons. The van der Waals surface area contributed by atoms with Gasteiger partial charge in [0.1, 0.15) is 0 Å². The number of halogens is 1. The fourth-order valence-corrected chi connectivity index (χ4v) is 2.02. The van der Waals surface area contributed by atoms with Crippen molar-refractivity contribution in [1.29, 1.82) is 0 Å². The summed E-state index contributed by atoms with van der Waals surface area (Å²) in [7, 11) is 0. The number of benzene rings is 1. The zero-order chi connectivity index (χ0) is 14.6. The molecule has 0 heterocycles. The van der Waals surface area contributed by atoms with E-state index in [4.69, 9.17) is 11.5 Å². The lowest BCUT2D eigenvalue weighted by Crippen LogP contribution is -2.43. The standard InChI is InChI=1S/C14H21N3O2.ClH/c1-8-4-5-11(9(2)6-8)10(3)17-14(19)12(15)7-13(16)18;/h4-6,10,12H,7,15H2,1-3H3,(H2,16,18)(H,17,19);1H. The molecule has 5 nitrogen and oxygen atoms in total. The van der Waals surface area contributed by atoms with Gasteiger partial charge in [0.25, 0.3) is 0 Å². The van der Waals surface area contributed by atoms with E-state index in [1.807, 2.05) is 32.9 Å². The van der Waals surface area contributed by atoms with Crippen LogP contribution in [0.4, 0.5) is 0 Å². The third kappa shape index (κ3) is 5.19. The van der Waals surface area contributed by atoms with Gasteiger partial charge in [-0.2, -0.15) is 0 Å². The molecular weight excluding hydrogens is 278 g/mol. The number of carbonyl (C=O) groups excluding carboxylic acids is 2. The Morgan fingerprint density at radius 1 is 1.30 bits per heavy atom. The molecule has 5 N–H and O–H groups in total. The zero-order valence-corrected chi connectivity index (χ0v) is 12.8. The van der Waals surface area contributed by atoms with Gasteiger partial charge in [0.05, 0.1) is 18.5 Å².